The minimum atomic E-state index is 0.438. The molecule has 0 aliphatic carbocycles. The first kappa shape index (κ1) is 14.8. The van der Waals surface area contributed by atoms with Crippen molar-refractivity contribution in [2.75, 3.05) is 7.11 Å². The largest absolute Gasteiger partial charge is 0.493 e. The van der Waals surface area contributed by atoms with Gasteiger partial charge in [0.15, 0.2) is 11.5 Å². The third kappa shape index (κ3) is 3.49. The maximum absolute atomic E-state index is 5.81. The van der Waals surface area contributed by atoms with E-state index in [1.807, 2.05) is 23.6 Å². The number of ether oxygens (including phenoxy) is 2. The highest BCUT2D eigenvalue weighted by atomic mass is 32.1. The zero-order chi connectivity index (χ0) is 14.5. The second-order valence-corrected chi connectivity index (χ2v) is 5.70. The van der Waals surface area contributed by atoms with Gasteiger partial charge in [-0.3, -0.25) is 0 Å². The van der Waals surface area contributed by atoms with Gasteiger partial charge < -0.3 is 15.2 Å². The molecule has 0 saturated carbocycles. The van der Waals surface area contributed by atoms with E-state index in [1.54, 1.807) is 18.4 Å². The van der Waals surface area contributed by atoms with Crippen molar-refractivity contribution < 1.29 is 9.47 Å². The van der Waals surface area contributed by atoms with Crippen molar-refractivity contribution >= 4 is 11.3 Å². The van der Waals surface area contributed by atoms with Crippen LogP contribution in [0.5, 0.6) is 11.5 Å². The quantitative estimate of drug-likeness (QED) is 0.887. The lowest BCUT2D eigenvalue weighted by molar-refractivity contribution is 0.281. The van der Waals surface area contributed by atoms with Crippen molar-refractivity contribution in [3.05, 3.63) is 39.8 Å². The summed E-state index contributed by atoms with van der Waals surface area (Å²) in [6, 6.07) is 5.72. The number of hydrogen-bond donors (Lipinski definition) is 1. The van der Waals surface area contributed by atoms with Gasteiger partial charge in [0.25, 0.3) is 0 Å². The summed E-state index contributed by atoms with van der Waals surface area (Å²) in [6.07, 6.45) is 0. The Labute approximate surface area is 123 Å². The fourth-order valence-electron chi connectivity index (χ4n) is 1.77. The van der Waals surface area contributed by atoms with Gasteiger partial charge in [0.2, 0.25) is 0 Å². The van der Waals surface area contributed by atoms with Gasteiger partial charge in [-0.25, -0.2) is 4.98 Å². The normalized spacial score (nSPS) is 10.8. The molecule has 2 rings (SSSR count). The van der Waals surface area contributed by atoms with Crippen LogP contribution in [-0.2, 0) is 13.2 Å². The first-order valence-corrected chi connectivity index (χ1v) is 7.46. The Hall–Kier alpha value is -1.59. The molecule has 2 aromatic rings. The summed E-state index contributed by atoms with van der Waals surface area (Å²) in [5, 5.41) is 3.17. The zero-order valence-corrected chi connectivity index (χ0v) is 12.9. The first-order chi connectivity index (χ1) is 9.63. The van der Waals surface area contributed by atoms with E-state index in [9.17, 15) is 0 Å². The summed E-state index contributed by atoms with van der Waals surface area (Å²) in [4.78, 5) is 4.55. The van der Waals surface area contributed by atoms with Crippen molar-refractivity contribution in [1.82, 2.24) is 4.98 Å². The predicted octanol–water partition coefficient (Wildman–Crippen LogP) is 3.31. The van der Waals surface area contributed by atoms with Gasteiger partial charge >= 0.3 is 0 Å². The molecule has 0 aliphatic rings. The lowest BCUT2D eigenvalue weighted by Crippen LogP contribution is -2.01. The molecule has 0 fully saturated rings. The fourth-order valence-corrected chi connectivity index (χ4v) is 2.59. The maximum atomic E-state index is 5.81. The van der Waals surface area contributed by atoms with Gasteiger partial charge in [-0.1, -0.05) is 19.9 Å². The summed E-state index contributed by atoms with van der Waals surface area (Å²) in [6.45, 7) is 5.19. The molecule has 0 spiro atoms. The number of nitrogens with two attached hydrogens (primary N) is 1. The van der Waals surface area contributed by atoms with Crippen LogP contribution in [0.3, 0.4) is 0 Å². The Morgan fingerprint density at radius 2 is 2.10 bits per heavy atom. The van der Waals surface area contributed by atoms with Crippen molar-refractivity contribution in [3.63, 3.8) is 0 Å². The van der Waals surface area contributed by atoms with E-state index < -0.39 is 0 Å². The Morgan fingerprint density at radius 1 is 1.30 bits per heavy atom. The van der Waals surface area contributed by atoms with E-state index in [0.29, 0.717) is 30.6 Å². The monoisotopic (exact) mass is 292 g/mol. The first-order valence-electron chi connectivity index (χ1n) is 6.58. The molecule has 20 heavy (non-hydrogen) atoms. The van der Waals surface area contributed by atoms with E-state index in [1.165, 1.54) is 0 Å². The molecule has 1 aromatic carbocycles. The molecule has 1 aromatic heterocycles. The third-order valence-corrected chi connectivity index (χ3v) is 4.10. The highest BCUT2D eigenvalue weighted by Crippen LogP contribution is 2.29. The average molecular weight is 292 g/mol. The van der Waals surface area contributed by atoms with Gasteiger partial charge in [-0.15, -0.1) is 11.3 Å². The van der Waals surface area contributed by atoms with Crippen molar-refractivity contribution in [2.24, 2.45) is 5.73 Å². The summed E-state index contributed by atoms with van der Waals surface area (Å²) in [5.74, 6) is 1.86. The van der Waals surface area contributed by atoms with Gasteiger partial charge in [0, 0.05) is 17.8 Å². The molecule has 0 bridgehead atoms. The standard InChI is InChI=1S/C15H20N2O2S/c1-10(2)15-17-12(9-20-15)8-19-14-6-11(7-16)4-5-13(14)18-3/h4-6,9-10H,7-8,16H2,1-3H3. The smallest absolute Gasteiger partial charge is 0.162 e. The topological polar surface area (TPSA) is 57.4 Å². The number of rotatable bonds is 6. The summed E-state index contributed by atoms with van der Waals surface area (Å²) in [7, 11) is 1.63. The highest BCUT2D eigenvalue weighted by Gasteiger charge is 2.09. The molecular weight excluding hydrogens is 272 g/mol. The number of nitrogens with zero attached hydrogens (tertiary/aromatic N) is 1. The lowest BCUT2D eigenvalue weighted by Gasteiger charge is -2.11. The molecule has 5 heteroatoms. The third-order valence-electron chi connectivity index (χ3n) is 2.90. The van der Waals surface area contributed by atoms with Crippen LogP contribution in [0.15, 0.2) is 23.6 Å². The van der Waals surface area contributed by atoms with Crippen LogP contribution in [-0.4, -0.2) is 12.1 Å². The van der Waals surface area contributed by atoms with Gasteiger partial charge in [-0.2, -0.15) is 0 Å². The minimum Gasteiger partial charge on any atom is -0.493 e. The summed E-state index contributed by atoms with van der Waals surface area (Å²) in [5.41, 5.74) is 7.61. The van der Waals surface area contributed by atoms with E-state index in [2.05, 4.69) is 18.8 Å². The van der Waals surface area contributed by atoms with Crippen LogP contribution in [0, 0.1) is 0 Å². The summed E-state index contributed by atoms with van der Waals surface area (Å²) >= 11 is 1.67. The Morgan fingerprint density at radius 3 is 2.70 bits per heavy atom. The Balaban J connectivity index is 2.09. The van der Waals surface area contributed by atoms with Crippen LogP contribution in [0.1, 0.15) is 36.0 Å². The van der Waals surface area contributed by atoms with Crippen LogP contribution >= 0.6 is 11.3 Å². The Kier molecular flexibility index (Phi) is 4.98. The van der Waals surface area contributed by atoms with Crippen LogP contribution in [0.2, 0.25) is 0 Å². The van der Waals surface area contributed by atoms with Crippen LogP contribution in [0.4, 0.5) is 0 Å². The molecule has 1 heterocycles. The maximum Gasteiger partial charge on any atom is 0.162 e. The molecule has 0 saturated heterocycles. The number of aromatic nitrogens is 1. The molecule has 0 atom stereocenters. The Bertz CT molecular complexity index is 567. The van der Waals surface area contributed by atoms with Crippen LogP contribution in [0.25, 0.3) is 0 Å². The van der Waals surface area contributed by atoms with Crippen LogP contribution < -0.4 is 15.2 Å². The molecule has 2 N–H and O–H groups in total. The number of methoxy groups -OCH3 is 1. The molecular formula is C15H20N2O2S. The van der Waals surface area contributed by atoms with Gasteiger partial charge in [-0.05, 0) is 17.7 Å². The minimum absolute atomic E-state index is 0.438. The predicted molar refractivity (Wildman–Crippen MR) is 81.4 cm³/mol. The zero-order valence-electron chi connectivity index (χ0n) is 12.1. The molecule has 0 radical (unpaired) electrons. The lowest BCUT2D eigenvalue weighted by atomic mass is 10.2. The van der Waals surface area contributed by atoms with E-state index >= 15 is 0 Å². The molecule has 108 valence electrons. The summed E-state index contributed by atoms with van der Waals surface area (Å²) < 4.78 is 11.1. The second-order valence-electron chi connectivity index (χ2n) is 4.81. The van der Waals surface area contributed by atoms with Crippen molar-refractivity contribution in [2.45, 2.75) is 32.9 Å². The highest BCUT2D eigenvalue weighted by molar-refractivity contribution is 7.09. The number of thiazole rings is 1. The molecule has 0 unspecified atom stereocenters. The van der Waals surface area contributed by atoms with Gasteiger partial charge in [0.1, 0.15) is 6.61 Å². The fraction of sp³-hybridized carbons (Fsp3) is 0.400. The van der Waals surface area contributed by atoms with E-state index in [-0.39, 0.29) is 0 Å². The average Bonchev–Trinajstić information content (AvgIpc) is 2.93. The SMILES string of the molecule is COc1ccc(CN)cc1OCc1csc(C(C)C)n1. The van der Waals surface area contributed by atoms with Crippen molar-refractivity contribution in [3.8, 4) is 11.5 Å². The number of benzene rings is 1. The molecule has 0 aliphatic heterocycles. The van der Waals surface area contributed by atoms with E-state index in [0.717, 1.165) is 16.3 Å². The van der Waals surface area contributed by atoms with Crippen molar-refractivity contribution in [1.29, 1.82) is 0 Å². The number of hydrogen-bond acceptors (Lipinski definition) is 5. The van der Waals surface area contributed by atoms with E-state index in [4.69, 9.17) is 15.2 Å². The second kappa shape index (κ2) is 6.72. The molecule has 0 amide bonds. The van der Waals surface area contributed by atoms with Gasteiger partial charge in [0.05, 0.1) is 17.8 Å². The molecule has 4 nitrogen and oxygen atoms in total.